The number of carbonyl (C=O) groups excluding carboxylic acids is 1. The second-order valence-electron chi connectivity index (χ2n) is 7.34. The minimum absolute atomic E-state index is 0.0516. The first-order chi connectivity index (χ1) is 15.6. The van der Waals surface area contributed by atoms with Gasteiger partial charge in [-0.1, -0.05) is 48.2 Å². The zero-order chi connectivity index (χ0) is 22.3. The number of hydrogen-bond donors (Lipinski definition) is 0. The minimum Gasteiger partial charge on any atom is -0.493 e. The predicted octanol–water partition coefficient (Wildman–Crippen LogP) is 4.53. The van der Waals surface area contributed by atoms with E-state index in [0.29, 0.717) is 40.5 Å². The maximum atomic E-state index is 12.8. The molecule has 0 saturated carbocycles. The van der Waals surface area contributed by atoms with Crippen LogP contribution in [-0.2, 0) is 9.53 Å². The normalized spacial score (nSPS) is 19.6. The molecule has 168 valence electrons. The van der Waals surface area contributed by atoms with E-state index in [1.165, 1.54) is 11.8 Å². The Morgan fingerprint density at radius 3 is 2.59 bits per heavy atom. The van der Waals surface area contributed by atoms with Crippen LogP contribution in [0, 0.1) is 0 Å². The van der Waals surface area contributed by atoms with Crippen LogP contribution in [0.1, 0.15) is 18.4 Å². The van der Waals surface area contributed by atoms with E-state index in [2.05, 4.69) is 0 Å². The molecule has 0 radical (unpaired) electrons. The molecule has 4 rings (SSSR count). The van der Waals surface area contributed by atoms with Crippen LogP contribution >= 0.6 is 24.0 Å². The monoisotopic (exact) mass is 471 g/mol. The van der Waals surface area contributed by atoms with Crippen LogP contribution in [0.15, 0.2) is 53.4 Å². The van der Waals surface area contributed by atoms with Gasteiger partial charge in [-0.25, -0.2) is 0 Å². The third-order valence-electron chi connectivity index (χ3n) is 5.14. The van der Waals surface area contributed by atoms with Crippen molar-refractivity contribution >= 4 is 40.3 Å². The summed E-state index contributed by atoms with van der Waals surface area (Å²) < 4.78 is 23.0. The second kappa shape index (κ2) is 10.8. The van der Waals surface area contributed by atoms with Crippen molar-refractivity contribution in [2.24, 2.45) is 0 Å². The first kappa shape index (κ1) is 22.6. The topological polar surface area (TPSA) is 57.2 Å². The third kappa shape index (κ3) is 5.62. The van der Waals surface area contributed by atoms with Crippen LogP contribution < -0.4 is 14.2 Å². The molecule has 0 aromatic heterocycles. The van der Waals surface area contributed by atoms with E-state index < -0.39 is 0 Å². The van der Waals surface area contributed by atoms with Gasteiger partial charge in [0.25, 0.3) is 5.91 Å². The highest BCUT2D eigenvalue weighted by atomic mass is 32.2. The molecule has 2 aromatic rings. The molecular weight excluding hydrogens is 446 g/mol. The van der Waals surface area contributed by atoms with Gasteiger partial charge in [0.05, 0.1) is 24.7 Å². The number of carbonyl (C=O) groups is 1. The first-order valence-corrected chi connectivity index (χ1v) is 11.7. The largest absolute Gasteiger partial charge is 0.493 e. The molecule has 2 fully saturated rings. The van der Waals surface area contributed by atoms with Gasteiger partial charge in [-0.15, -0.1) is 0 Å². The summed E-state index contributed by atoms with van der Waals surface area (Å²) in [6.45, 7) is 2.09. The molecule has 2 aliphatic heterocycles. The van der Waals surface area contributed by atoms with Crippen LogP contribution in [0.3, 0.4) is 0 Å². The molecule has 1 amide bonds. The van der Waals surface area contributed by atoms with Crippen molar-refractivity contribution in [3.8, 4) is 17.2 Å². The quantitative estimate of drug-likeness (QED) is 0.302. The fourth-order valence-electron chi connectivity index (χ4n) is 3.51. The number of nitrogens with zero attached hydrogens (tertiary/aromatic N) is 1. The van der Waals surface area contributed by atoms with Crippen molar-refractivity contribution in [3.05, 3.63) is 59.0 Å². The summed E-state index contributed by atoms with van der Waals surface area (Å²) in [6.07, 6.45) is 3.96. The van der Waals surface area contributed by atoms with Crippen LogP contribution in [-0.4, -0.2) is 54.7 Å². The molecule has 32 heavy (non-hydrogen) atoms. The number of rotatable bonds is 9. The lowest BCUT2D eigenvalue weighted by Crippen LogP contribution is -2.35. The zero-order valence-electron chi connectivity index (χ0n) is 17.8. The van der Waals surface area contributed by atoms with E-state index >= 15 is 0 Å². The van der Waals surface area contributed by atoms with Crippen LogP contribution in [0.4, 0.5) is 0 Å². The van der Waals surface area contributed by atoms with Crippen LogP contribution in [0.25, 0.3) is 6.08 Å². The van der Waals surface area contributed by atoms with Crippen molar-refractivity contribution in [2.75, 3.05) is 33.5 Å². The minimum atomic E-state index is -0.0516. The van der Waals surface area contributed by atoms with Gasteiger partial charge in [-0.2, -0.15) is 0 Å². The van der Waals surface area contributed by atoms with E-state index in [-0.39, 0.29) is 12.0 Å². The first-order valence-electron chi connectivity index (χ1n) is 10.5. The van der Waals surface area contributed by atoms with Crippen molar-refractivity contribution in [2.45, 2.75) is 18.9 Å². The number of amides is 1. The molecule has 0 spiro atoms. The third-order valence-corrected chi connectivity index (χ3v) is 6.52. The smallest absolute Gasteiger partial charge is 0.266 e. The van der Waals surface area contributed by atoms with Gasteiger partial charge in [0.1, 0.15) is 23.3 Å². The predicted molar refractivity (Wildman–Crippen MR) is 129 cm³/mol. The Labute approximate surface area is 197 Å². The summed E-state index contributed by atoms with van der Waals surface area (Å²) >= 11 is 6.75. The van der Waals surface area contributed by atoms with Crippen molar-refractivity contribution in [3.63, 3.8) is 0 Å². The molecule has 2 aliphatic rings. The number of para-hydroxylation sites is 2. The van der Waals surface area contributed by atoms with Crippen LogP contribution in [0.5, 0.6) is 17.2 Å². The van der Waals surface area contributed by atoms with Gasteiger partial charge in [0, 0.05) is 6.61 Å². The summed E-state index contributed by atoms with van der Waals surface area (Å²) in [5, 5.41) is 0. The highest BCUT2D eigenvalue weighted by molar-refractivity contribution is 8.26. The SMILES string of the molecule is COc1ccccc1OCCOc1ccc(/C=C2\SC(=S)N(C[C@@H]3CCCO3)C2=O)cc1. The Bertz CT molecular complexity index is 986. The summed E-state index contributed by atoms with van der Waals surface area (Å²) in [4.78, 5) is 15.0. The number of hydrogen-bond acceptors (Lipinski definition) is 7. The fourth-order valence-corrected chi connectivity index (χ4v) is 4.79. The van der Waals surface area contributed by atoms with E-state index in [1.807, 2.05) is 54.6 Å². The molecule has 2 aromatic carbocycles. The fraction of sp³-hybridized carbons (Fsp3) is 0.333. The van der Waals surface area contributed by atoms with Gasteiger partial charge in [-0.05, 0) is 48.7 Å². The summed E-state index contributed by atoms with van der Waals surface area (Å²) in [7, 11) is 1.61. The van der Waals surface area contributed by atoms with E-state index in [1.54, 1.807) is 12.0 Å². The van der Waals surface area contributed by atoms with Gasteiger partial charge in [0.2, 0.25) is 0 Å². The molecule has 0 aliphatic carbocycles. The lowest BCUT2D eigenvalue weighted by molar-refractivity contribution is -0.123. The van der Waals surface area contributed by atoms with Gasteiger partial charge >= 0.3 is 0 Å². The average molecular weight is 472 g/mol. The van der Waals surface area contributed by atoms with Crippen molar-refractivity contribution in [1.29, 1.82) is 0 Å². The molecule has 2 saturated heterocycles. The number of thiocarbonyl (C=S) groups is 1. The van der Waals surface area contributed by atoms with E-state index in [4.69, 9.17) is 31.2 Å². The second-order valence-corrected chi connectivity index (χ2v) is 9.02. The molecule has 0 unspecified atom stereocenters. The number of thioether (sulfide) groups is 1. The Morgan fingerprint density at radius 1 is 1.12 bits per heavy atom. The summed E-state index contributed by atoms with van der Waals surface area (Å²) in [5.41, 5.74) is 0.917. The number of benzene rings is 2. The Morgan fingerprint density at radius 2 is 1.88 bits per heavy atom. The van der Waals surface area contributed by atoms with Gasteiger partial charge in [-0.3, -0.25) is 9.69 Å². The van der Waals surface area contributed by atoms with Crippen molar-refractivity contribution < 1.29 is 23.7 Å². The highest BCUT2D eigenvalue weighted by Gasteiger charge is 2.34. The summed E-state index contributed by atoms with van der Waals surface area (Å²) in [6, 6.07) is 15.1. The summed E-state index contributed by atoms with van der Waals surface area (Å²) in [5.74, 6) is 2.06. The average Bonchev–Trinajstić information content (AvgIpc) is 3.42. The van der Waals surface area contributed by atoms with E-state index in [0.717, 1.165) is 30.8 Å². The highest BCUT2D eigenvalue weighted by Crippen LogP contribution is 2.33. The molecule has 0 N–H and O–H groups in total. The maximum Gasteiger partial charge on any atom is 0.266 e. The Kier molecular flexibility index (Phi) is 7.68. The van der Waals surface area contributed by atoms with Crippen molar-refractivity contribution in [1.82, 2.24) is 4.90 Å². The Hall–Kier alpha value is -2.55. The lowest BCUT2D eigenvalue weighted by atomic mass is 10.2. The molecule has 1 atom stereocenters. The maximum absolute atomic E-state index is 12.8. The molecule has 2 heterocycles. The van der Waals surface area contributed by atoms with E-state index in [9.17, 15) is 4.79 Å². The molecule has 8 heteroatoms. The zero-order valence-corrected chi connectivity index (χ0v) is 19.5. The number of methoxy groups -OCH3 is 1. The number of ether oxygens (including phenoxy) is 4. The standard InChI is InChI=1S/C24H25NO5S2/c1-27-20-6-2-3-7-21(20)30-14-13-29-18-10-8-17(9-11-18)15-22-23(26)25(24(31)32-22)16-19-5-4-12-28-19/h2-3,6-11,15,19H,4-5,12-14,16H2,1H3/b22-15-/t19-/m0/s1. The van der Waals surface area contributed by atoms with Crippen LogP contribution in [0.2, 0.25) is 0 Å². The molecule has 0 bridgehead atoms. The van der Waals surface area contributed by atoms with Gasteiger partial charge in [0.15, 0.2) is 11.5 Å². The lowest BCUT2D eigenvalue weighted by Gasteiger charge is -2.18. The molecular formula is C24H25NO5S2. The van der Waals surface area contributed by atoms with Gasteiger partial charge < -0.3 is 18.9 Å². The molecule has 6 nitrogen and oxygen atoms in total. The Balaban J connectivity index is 1.28.